The second kappa shape index (κ2) is 4.07. The summed E-state index contributed by atoms with van der Waals surface area (Å²) in [6.45, 7) is 0.758. The molecule has 3 heteroatoms. The van der Waals surface area contributed by atoms with Gasteiger partial charge in [0.1, 0.15) is 0 Å². The number of hydrogen-bond acceptors (Lipinski definition) is 2. The molecule has 4 atom stereocenters. The van der Waals surface area contributed by atoms with Crippen molar-refractivity contribution in [2.75, 3.05) is 6.54 Å². The van der Waals surface area contributed by atoms with Crippen molar-refractivity contribution < 1.29 is 9.59 Å². The largest absolute Gasteiger partial charge is 0.282 e. The molecular formula is C22H27NO2. The molecule has 1 aliphatic heterocycles. The summed E-state index contributed by atoms with van der Waals surface area (Å²) in [5, 5.41) is 0. The molecule has 1 saturated heterocycles. The smallest absolute Gasteiger partial charge is 0.233 e. The summed E-state index contributed by atoms with van der Waals surface area (Å²) in [6, 6.07) is 0. The van der Waals surface area contributed by atoms with Crippen LogP contribution in [0.1, 0.15) is 51.4 Å². The van der Waals surface area contributed by atoms with Gasteiger partial charge in [0.2, 0.25) is 11.8 Å². The van der Waals surface area contributed by atoms with Gasteiger partial charge in [-0.2, -0.15) is 0 Å². The lowest BCUT2D eigenvalue weighted by Gasteiger charge is -2.57. The van der Waals surface area contributed by atoms with Gasteiger partial charge in [0.25, 0.3) is 0 Å². The predicted molar refractivity (Wildman–Crippen MR) is 92.1 cm³/mol. The number of nitrogens with zero attached hydrogens (tertiary/aromatic N) is 1. The maximum absolute atomic E-state index is 13.3. The van der Waals surface area contributed by atoms with Gasteiger partial charge in [0.15, 0.2) is 0 Å². The third-order valence-corrected chi connectivity index (χ3v) is 9.60. The van der Waals surface area contributed by atoms with Crippen LogP contribution in [0.2, 0.25) is 0 Å². The van der Waals surface area contributed by atoms with E-state index < -0.39 is 0 Å². The Balaban J connectivity index is 1.20. The normalized spacial score (nSPS) is 55.7. The number of fused-ring (bicyclic) bond motifs is 3. The number of imide groups is 1. The lowest BCUT2D eigenvalue weighted by Crippen LogP contribution is -2.52. The Bertz CT molecular complexity index is 663. The highest BCUT2D eigenvalue weighted by molar-refractivity contribution is 6.06. The van der Waals surface area contributed by atoms with Crippen molar-refractivity contribution >= 4 is 11.8 Å². The molecule has 25 heavy (non-hydrogen) atoms. The maximum Gasteiger partial charge on any atom is 0.233 e. The zero-order chi connectivity index (χ0) is 16.6. The van der Waals surface area contributed by atoms with Crippen LogP contribution < -0.4 is 0 Å². The van der Waals surface area contributed by atoms with E-state index in [1.807, 2.05) is 0 Å². The minimum Gasteiger partial charge on any atom is -0.282 e. The van der Waals surface area contributed by atoms with E-state index in [0.29, 0.717) is 17.3 Å². The Hall–Kier alpha value is -1.12. The van der Waals surface area contributed by atoms with Crippen LogP contribution in [-0.4, -0.2) is 23.3 Å². The molecular weight excluding hydrogens is 310 g/mol. The maximum atomic E-state index is 13.3. The average Bonchev–Trinajstić information content (AvgIpc) is 3.17. The second-order valence-corrected chi connectivity index (χ2v) is 10.9. The van der Waals surface area contributed by atoms with Gasteiger partial charge < -0.3 is 0 Å². The number of likely N-dealkylation sites (tertiary alicyclic amines) is 1. The fourth-order valence-electron chi connectivity index (χ4n) is 9.12. The highest BCUT2D eigenvalue weighted by Crippen LogP contribution is 2.73. The molecule has 6 saturated carbocycles. The fraction of sp³-hybridized carbons (Fsp3) is 0.818. The monoisotopic (exact) mass is 337 g/mol. The molecule has 0 N–H and O–H groups in total. The summed E-state index contributed by atoms with van der Waals surface area (Å²) in [7, 11) is 0. The first kappa shape index (κ1) is 14.0. The van der Waals surface area contributed by atoms with E-state index in [2.05, 4.69) is 12.2 Å². The van der Waals surface area contributed by atoms with Gasteiger partial charge in [-0.3, -0.25) is 14.5 Å². The van der Waals surface area contributed by atoms with E-state index in [0.717, 1.165) is 24.3 Å². The fourth-order valence-corrected chi connectivity index (χ4v) is 9.12. The molecule has 6 bridgehead atoms. The SMILES string of the molecule is O=C1[C@@H]2[C@H](C(=O)N1CC13CC4CC(CC(C4)C1)C3)[C@H]1C=C[C@H]2C12CC2. The van der Waals surface area contributed by atoms with Crippen LogP contribution in [0.3, 0.4) is 0 Å². The van der Waals surface area contributed by atoms with Crippen LogP contribution in [-0.2, 0) is 9.59 Å². The summed E-state index contributed by atoms with van der Waals surface area (Å²) in [5.74, 6) is 3.80. The molecule has 0 aromatic heterocycles. The highest BCUT2D eigenvalue weighted by atomic mass is 16.2. The van der Waals surface area contributed by atoms with Crippen LogP contribution in [0, 0.1) is 52.3 Å². The number of rotatable bonds is 2. The van der Waals surface area contributed by atoms with Crippen molar-refractivity contribution in [2.24, 2.45) is 52.3 Å². The van der Waals surface area contributed by atoms with Gasteiger partial charge >= 0.3 is 0 Å². The van der Waals surface area contributed by atoms with Gasteiger partial charge in [-0.05, 0) is 91.8 Å². The predicted octanol–water partition coefficient (Wildman–Crippen LogP) is 3.40. The molecule has 3 nitrogen and oxygen atoms in total. The first-order chi connectivity index (χ1) is 12.1. The van der Waals surface area contributed by atoms with Crippen molar-refractivity contribution in [3.8, 4) is 0 Å². The van der Waals surface area contributed by atoms with Crippen molar-refractivity contribution in [3.63, 3.8) is 0 Å². The molecule has 0 unspecified atom stereocenters. The molecule has 0 aromatic rings. The summed E-state index contributed by atoms with van der Waals surface area (Å²) in [4.78, 5) is 28.4. The van der Waals surface area contributed by atoms with Crippen LogP contribution in [0.15, 0.2) is 12.2 Å². The Labute approximate surface area is 149 Å². The highest BCUT2D eigenvalue weighted by Gasteiger charge is 2.73. The van der Waals surface area contributed by atoms with Gasteiger partial charge in [-0.25, -0.2) is 0 Å². The zero-order valence-corrected chi connectivity index (χ0v) is 14.8. The standard InChI is InChI=1S/C22H27NO2/c24-19-17-15-1-2-16(22(15)3-4-22)18(17)20(25)23(19)11-21-8-12-5-13(9-21)7-14(6-12)10-21/h1-2,12-18H,3-11H2/t12?,13?,14?,15-,16-,17-,18+,21?/m1/s1. The van der Waals surface area contributed by atoms with E-state index in [9.17, 15) is 9.59 Å². The van der Waals surface area contributed by atoms with Gasteiger partial charge in [-0.1, -0.05) is 12.2 Å². The molecule has 1 spiro atoms. The first-order valence-corrected chi connectivity index (χ1v) is 10.6. The molecule has 0 aromatic carbocycles. The van der Waals surface area contributed by atoms with Crippen LogP contribution in [0.5, 0.6) is 0 Å². The Morgan fingerprint density at radius 3 is 1.76 bits per heavy atom. The van der Waals surface area contributed by atoms with Crippen molar-refractivity contribution in [1.29, 1.82) is 0 Å². The summed E-state index contributed by atoms with van der Waals surface area (Å²) < 4.78 is 0. The molecule has 0 radical (unpaired) electrons. The quantitative estimate of drug-likeness (QED) is 0.572. The lowest BCUT2D eigenvalue weighted by molar-refractivity contribution is -0.147. The van der Waals surface area contributed by atoms with Crippen molar-refractivity contribution in [3.05, 3.63) is 12.2 Å². The summed E-state index contributed by atoms with van der Waals surface area (Å²) in [6.07, 6.45) is 15.1. The van der Waals surface area contributed by atoms with E-state index in [1.165, 1.54) is 51.4 Å². The first-order valence-electron chi connectivity index (χ1n) is 10.6. The summed E-state index contributed by atoms with van der Waals surface area (Å²) in [5.41, 5.74) is 0.607. The summed E-state index contributed by atoms with van der Waals surface area (Å²) >= 11 is 0. The minimum atomic E-state index is -0.00101. The molecule has 8 aliphatic rings. The molecule has 2 amide bonds. The number of carbonyl (C=O) groups is 2. The van der Waals surface area contributed by atoms with Crippen LogP contribution >= 0.6 is 0 Å². The van der Waals surface area contributed by atoms with E-state index in [1.54, 1.807) is 4.90 Å². The Kier molecular flexibility index (Phi) is 2.28. The molecule has 132 valence electrons. The zero-order valence-electron chi connectivity index (χ0n) is 14.8. The number of carbonyl (C=O) groups excluding carboxylic acids is 2. The van der Waals surface area contributed by atoms with Gasteiger partial charge in [0.05, 0.1) is 11.8 Å². The third-order valence-electron chi connectivity index (χ3n) is 9.60. The number of allylic oxidation sites excluding steroid dienone is 2. The third kappa shape index (κ3) is 1.52. The van der Waals surface area contributed by atoms with E-state index in [-0.39, 0.29) is 29.1 Å². The number of hydrogen-bond donors (Lipinski definition) is 0. The Morgan fingerprint density at radius 1 is 0.840 bits per heavy atom. The Morgan fingerprint density at radius 2 is 1.32 bits per heavy atom. The van der Waals surface area contributed by atoms with E-state index >= 15 is 0 Å². The minimum absolute atomic E-state index is 0.00101. The van der Waals surface area contributed by atoms with Crippen LogP contribution in [0.4, 0.5) is 0 Å². The second-order valence-electron chi connectivity index (χ2n) is 10.9. The van der Waals surface area contributed by atoms with Crippen LogP contribution in [0.25, 0.3) is 0 Å². The molecule has 8 rings (SSSR count). The van der Waals surface area contributed by atoms with E-state index in [4.69, 9.17) is 0 Å². The topological polar surface area (TPSA) is 37.4 Å². The van der Waals surface area contributed by atoms with Crippen molar-refractivity contribution in [1.82, 2.24) is 4.90 Å². The molecule has 7 aliphatic carbocycles. The van der Waals surface area contributed by atoms with Gasteiger partial charge in [0, 0.05) is 6.54 Å². The van der Waals surface area contributed by atoms with Gasteiger partial charge in [-0.15, -0.1) is 0 Å². The average molecular weight is 337 g/mol. The van der Waals surface area contributed by atoms with Crippen molar-refractivity contribution in [2.45, 2.75) is 51.4 Å². The lowest BCUT2D eigenvalue weighted by atomic mass is 9.49. The molecule has 7 fully saturated rings. The molecule has 1 heterocycles. The number of amides is 2.